The van der Waals surface area contributed by atoms with Crippen LogP contribution in [0.4, 0.5) is 0 Å². The molecule has 94 valence electrons. The van der Waals surface area contributed by atoms with Crippen molar-refractivity contribution in [2.45, 2.75) is 33.1 Å². The van der Waals surface area contributed by atoms with E-state index < -0.39 is 0 Å². The van der Waals surface area contributed by atoms with Gasteiger partial charge in [-0.1, -0.05) is 25.4 Å². The molecule has 0 aliphatic carbocycles. The lowest BCUT2D eigenvalue weighted by Crippen LogP contribution is -2.04. The van der Waals surface area contributed by atoms with Crippen molar-refractivity contribution >= 4 is 17.4 Å². The number of ether oxygens (including phenoxy) is 1. The van der Waals surface area contributed by atoms with Gasteiger partial charge in [0.05, 0.1) is 7.11 Å². The number of aryl methyl sites for hydroxylation is 1. The Balaban J connectivity index is 2.62. The average molecular weight is 255 g/mol. The average Bonchev–Trinajstić information content (AvgIpc) is 2.25. The van der Waals surface area contributed by atoms with Gasteiger partial charge in [0, 0.05) is 17.9 Å². The third kappa shape index (κ3) is 4.78. The van der Waals surface area contributed by atoms with Crippen molar-refractivity contribution < 1.29 is 9.53 Å². The highest BCUT2D eigenvalue weighted by Gasteiger charge is 2.09. The van der Waals surface area contributed by atoms with Gasteiger partial charge in [-0.3, -0.25) is 4.79 Å². The van der Waals surface area contributed by atoms with Gasteiger partial charge < -0.3 is 4.74 Å². The van der Waals surface area contributed by atoms with Crippen molar-refractivity contribution in [2.24, 2.45) is 5.92 Å². The molecule has 0 bridgehead atoms. The first kappa shape index (κ1) is 14.0. The molecule has 0 radical (unpaired) electrons. The molecule has 1 aromatic carbocycles. The third-order valence-corrected chi connectivity index (χ3v) is 2.79. The van der Waals surface area contributed by atoms with Gasteiger partial charge in [-0.05, 0) is 36.1 Å². The van der Waals surface area contributed by atoms with Crippen LogP contribution >= 0.6 is 11.6 Å². The molecule has 0 saturated carbocycles. The molecular formula is C14H19ClO2. The molecule has 0 aliphatic heterocycles. The summed E-state index contributed by atoms with van der Waals surface area (Å²) >= 11 is 5.93. The molecular weight excluding hydrogens is 236 g/mol. The van der Waals surface area contributed by atoms with Crippen LogP contribution < -0.4 is 4.74 Å². The largest absolute Gasteiger partial charge is 0.496 e. The molecule has 0 amide bonds. The fourth-order valence-corrected chi connectivity index (χ4v) is 1.97. The minimum Gasteiger partial charge on any atom is -0.496 e. The highest BCUT2D eigenvalue weighted by atomic mass is 35.5. The molecule has 1 rings (SSSR count). The monoisotopic (exact) mass is 254 g/mol. The first-order valence-corrected chi connectivity index (χ1v) is 6.25. The zero-order valence-electron chi connectivity index (χ0n) is 10.6. The Hall–Kier alpha value is -1.02. The van der Waals surface area contributed by atoms with Crippen LogP contribution in [-0.2, 0) is 11.2 Å². The first-order chi connectivity index (χ1) is 8.02. The van der Waals surface area contributed by atoms with Gasteiger partial charge in [0.15, 0.2) is 0 Å². The molecule has 0 unspecified atom stereocenters. The van der Waals surface area contributed by atoms with E-state index in [1.165, 1.54) is 0 Å². The van der Waals surface area contributed by atoms with E-state index in [0.29, 0.717) is 36.0 Å². The predicted molar refractivity (Wildman–Crippen MR) is 70.8 cm³/mol. The van der Waals surface area contributed by atoms with Crippen molar-refractivity contribution in [3.63, 3.8) is 0 Å². The van der Waals surface area contributed by atoms with Gasteiger partial charge in [-0.2, -0.15) is 0 Å². The number of methoxy groups -OCH3 is 1. The number of Topliss-reactive ketones (excluding diaryl/α,β-unsaturated/α-hetero) is 1. The van der Waals surface area contributed by atoms with Crippen molar-refractivity contribution in [3.8, 4) is 5.75 Å². The Bertz CT molecular complexity index is 386. The molecule has 0 saturated heterocycles. The lowest BCUT2D eigenvalue weighted by Gasteiger charge is -2.09. The van der Waals surface area contributed by atoms with E-state index in [-0.39, 0.29) is 0 Å². The summed E-state index contributed by atoms with van der Waals surface area (Å²) in [5.41, 5.74) is 0.997. The van der Waals surface area contributed by atoms with Crippen molar-refractivity contribution in [1.82, 2.24) is 0 Å². The Morgan fingerprint density at radius 3 is 2.71 bits per heavy atom. The van der Waals surface area contributed by atoms with Gasteiger partial charge in [-0.25, -0.2) is 0 Å². The molecule has 0 aromatic heterocycles. The normalized spacial score (nSPS) is 10.6. The molecule has 2 nitrogen and oxygen atoms in total. The summed E-state index contributed by atoms with van der Waals surface area (Å²) in [6.45, 7) is 4.11. The molecule has 17 heavy (non-hydrogen) atoms. The second kappa shape index (κ2) is 6.65. The van der Waals surface area contributed by atoms with Crippen molar-refractivity contribution in [3.05, 3.63) is 28.8 Å². The smallest absolute Gasteiger partial charge is 0.133 e. The van der Waals surface area contributed by atoms with E-state index >= 15 is 0 Å². The van der Waals surface area contributed by atoms with Gasteiger partial charge in [-0.15, -0.1) is 0 Å². The molecule has 0 spiro atoms. The number of benzene rings is 1. The second-order valence-corrected chi connectivity index (χ2v) is 5.03. The molecule has 0 fully saturated rings. The Morgan fingerprint density at radius 1 is 1.41 bits per heavy atom. The maximum absolute atomic E-state index is 11.6. The Kier molecular flexibility index (Phi) is 5.49. The summed E-state index contributed by atoms with van der Waals surface area (Å²) in [6, 6.07) is 5.49. The number of hydrogen-bond acceptors (Lipinski definition) is 2. The highest BCUT2D eigenvalue weighted by Crippen LogP contribution is 2.24. The number of ketones is 1. The molecule has 1 aromatic rings. The van der Waals surface area contributed by atoms with Crippen LogP contribution in [-0.4, -0.2) is 12.9 Å². The Morgan fingerprint density at radius 2 is 2.12 bits per heavy atom. The quantitative estimate of drug-likeness (QED) is 0.770. The summed E-state index contributed by atoms with van der Waals surface area (Å²) in [4.78, 5) is 11.6. The minimum atomic E-state index is 0.294. The van der Waals surface area contributed by atoms with Gasteiger partial charge in [0.25, 0.3) is 0 Å². The lowest BCUT2D eigenvalue weighted by molar-refractivity contribution is -0.119. The van der Waals surface area contributed by atoms with E-state index in [2.05, 4.69) is 13.8 Å². The summed E-state index contributed by atoms with van der Waals surface area (Å²) in [7, 11) is 1.63. The maximum atomic E-state index is 11.6. The molecule has 0 aliphatic rings. The van der Waals surface area contributed by atoms with Crippen LogP contribution in [0.1, 0.15) is 32.3 Å². The van der Waals surface area contributed by atoms with Crippen molar-refractivity contribution in [2.75, 3.05) is 7.11 Å². The van der Waals surface area contributed by atoms with Crippen LogP contribution in [0.15, 0.2) is 18.2 Å². The molecule has 0 atom stereocenters. The fourth-order valence-electron chi connectivity index (χ4n) is 1.77. The number of carbonyl (C=O) groups excluding carboxylic acids is 1. The molecule has 0 N–H and O–H groups in total. The standard InChI is InChI=1S/C14H19ClO2/c1-10(2)8-13(16)6-4-11-9-12(15)5-7-14(11)17-3/h5,7,9-10H,4,6,8H2,1-3H3. The summed E-state index contributed by atoms with van der Waals surface area (Å²) in [6.07, 6.45) is 1.88. The second-order valence-electron chi connectivity index (χ2n) is 4.59. The summed E-state index contributed by atoms with van der Waals surface area (Å²) in [5.74, 6) is 1.51. The van der Waals surface area contributed by atoms with E-state index in [1.807, 2.05) is 12.1 Å². The van der Waals surface area contributed by atoms with Gasteiger partial charge in [0.2, 0.25) is 0 Å². The van der Waals surface area contributed by atoms with Gasteiger partial charge in [0.1, 0.15) is 11.5 Å². The number of carbonyl (C=O) groups is 1. The van der Waals surface area contributed by atoms with Crippen LogP contribution in [0.3, 0.4) is 0 Å². The van der Waals surface area contributed by atoms with E-state index in [0.717, 1.165) is 11.3 Å². The summed E-state index contributed by atoms with van der Waals surface area (Å²) < 4.78 is 5.24. The SMILES string of the molecule is COc1ccc(Cl)cc1CCC(=O)CC(C)C. The number of rotatable bonds is 6. The van der Waals surface area contributed by atoms with Crippen LogP contribution in [0.5, 0.6) is 5.75 Å². The number of halogens is 1. The van der Waals surface area contributed by atoms with E-state index in [9.17, 15) is 4.79 Å². The van der Waals surface area contributed by atoms with Gasteiger partial charge >= 0.3 is 0 Å². The zero-order valence-corrected chi connectivity index (χ0v) is 11.4. The zero-order chi connectivity index (χ0) is 12.8. The predicted octanol–water partition coefficient (Wildman–Crippen LogP) is 3.90. The van der Waals surface area contributed by atoms with Crippen molar-refractivity contribution in [1.29, 1.82) is 0 Å². The summed E-state index contributed by atoms with van der Waals surface area (Å²) in [5, 5.41) is 0.678. The number of hydrogen-bond donors (Lipinski definition) is 0. The highest BCUT2D eigenvalue weighted by molar-refractivity contribution is 6.30. The van der Waals surface area contributed by atoms with Crippen LogP contribution in [0.25, 0.3) is 0 Å². The third-order valence-electron chi connectivity index (χ3n) is 2.55. The minimum absolute atomic E-state index is 0.294. The molecule has 3 heteroatoms. The van der Waals surface area contributed by atoms with Crippen LogP contribution in [0, 0.1) is 5.92 Å². The lowest BCUT2D eigenvalue weighted by atomic mass is 10.0. The topological polar surface area (TPSA) is 26.3 Å². The van der Waals surface area contributed by atoms with E-state index in [1.54, 1.807) is 13.2 Å². The fraction of sp³-hybridized carbons (Fsp3) is 0.500. The van der Waals surface area contributed by atoms with Crippen LogP contribution in [0.2, 0.25) is 5.02 Å². The Labute approximate surface area is 108 Å². The van der Waals surface area contributed by atoms with E-state index in [4.69, 9.17) is 16.3 Å². The molecule has 0 heterocycles. The maximum Gasteiger partial charge on any atom is 0.133 e. The first-order valence-electron chi connectivity index (χ1n) is 5.87.